The van der Waals surface area contributed by atoms with Crippen molar-refractivity contribution in [1.82, 2.24) is 10.1 Å². The first kappa shape index (κ1) is 15.0. The van der Waals surface area contributed by atoms with E-state index in [1.165, 1.54) is 19.3 Å². The number of likely N-dealkylation sites (tertiary alicyclic amines) is 1. The number of carbonyl (C=O) groups excluding carboxylic acids is 1. The number of piperidine rings is 1. The lowest BCUT2D eigenvalue weighted by atomic mass is 9.98. The number of nitrogens with zero attached hydrogens (tertiary/aromatic N) is 2. The molecule has 1 saturated heterocycles. The molecule has 2 heterocycles. The summed E-state index contributed by atoms with van der Waals surface area (Å²) in [6.07, 6.45) is 6.02. The fraction of sp³-hybridized carbons (Fsp3) is 0.733. The van der Waals surface area contributed by atoms with Crippen LogP contribution in [0.15, 0.2) is 4.52 Å². The van der Waals surface area contributed by atoms with E-state index < -0.39 is 0 Å². The number of hydrogen-bond acceptors (Lipinski definition) is 4. The third-order valence-corrected chi connectivity index (χ3v) is 4.23. The zero-order chi connectivity index (χ0) is 14.5. The number of aromatic nitrogens is 1. The second kappa shape index (κ2) is 6.88. The van der Waals surface area contributed by atoms with E-state index in [-0.39, 0.29) is 5.91 Å². The van der Waals surface area contributed by atoms with Crippen LogP contribution in [0, 0.1) is 6.92 Å². The molecule has 5 nitrogen and oxygen atoms in total. The van der Waals surface area contributed by atoms with Crippen LogP contribution < -0.4 is 5.32 Å². The molecule has 112 valence electrons. The van der Waals surface area contributed by atoms with Crippen molar-refractivity contribution in [3.63, 3.8) is 0 Å². The van der Waals surface area contributed by atoms with E-state index in [1.807, 2.05) is 13.8 Å². The van der Waals surface area contributed by atoms with Crippen LogP contribution in [0.1, 0.15) is 50.3 Å². The molecule has 2 rings (SSSR count). The second-order valence-corrected chi connectivity index (χ2v) is 5.65. The number of carbonyl (C=O) groups is 1. The van der Waals surface area contributed by atoms with Crippen molar-refractivity contribution < 1.29 is 9.32 Å². The number of aryl methyl sites for hydroxylation is 1. The summed E-state index contributed by atoms with van der Waals surface area (Å²) in [5.41, 5.74) is 1.85. The highest BCUT2D eigenvalue weighted by atomic mass is 16.5. The van der Waals surface area contributed by atoms with Crippen molar-refractivity contribution >= 4 is 11.8 Å². The van der Waals surface area contributed by atoms with E-state index in [9.17, 15) is 4.79 Å². The summed E-state index contributed by atoms with van der Waals surface area (Å²) in [6, 6.07) is 0.538. The van der Waals surface area contributed by atoms with Gasteiger partial charge >= 0.3 is 0 Å². The molecule has 1 aromatic rings. The van der Waals surface area contributed by atoms with Gasteiger partial charge in [-0.05, 0) is 46.2 Å². The summed E-state index contributed by atoms with van der Waals surface area (Å²) in [5, 5.41) is 6.78. The maximum absolute atomic E-state index is 12.0. The Hall–Kier alpha value is -1.36. The summed E-state index contributed by atoms with van der Waals surface area (Å²) in [7, 11) is 2.15. The van der Waals surface area contributed by atoms with Gasteiger partial charge in [-0.2, -0.15) is 0 Å². The Bertz CT molecular complexity index is 456. The Balaban J connectivity index is 1.81. The third kappa shape index (κ3) is 3.60. The second-order valence-electron chi connectivity index (χ2n) is 5.65. The highest BCUT2D eigenvalue weighted by Gasteiger charge is 2.20. The van der Waals surface area contributed by atoms with Crippen molar-refractivity contribution in [2.24, 2.45) is 0 Å². The van der Waals surface area contributed by atoms with E-state index in [2.05, 4.69) is 22.4 Å². The predicted molar refractivity (Wildman–Crippen MR) is 78.8 cm³/mol. The van der Waals surface area contributed by atoms with Gasteiger partial charge in [0.05, 0.1) is 5.69 Å². The maximum atomic E-state index is 12.0. The molecule has 20 heavy (non-hydrogen) atoms. The molecule has 1 N–H and O–H groups in total. The molecule has 0 bridgehead atoms. The van der Waals surface area contributed by atoms with Crippen LogP contribution in [0.5, 0.6) is 0 Å². The molecular formula is C15H25N3O2. The molecule has 1 amide bonds. The van der Waals surface area contributed by atoms with Gasteiger partial charge in [-0.1, -0.05) is 18.5 Å². The Morgan fingerprint density at radius 3 is 2.95 bits per heavy atom. The van der Waals surface area contributed by atoms with E-state index in [0.29, 0.717) is 18.3 Å². The van der Waals surface area contributed by atoms with Gasteiger partial charge in [-0.25, -0.2) is 0 Å². The Labute approximate surface area is 120 Å². The van der Waals surface area contributed by atoms with Crippen molar-refractivity contribution in [2.75, 3.05) is 18.9 Å². The molecule has 1 atom stereocenters. The Kier molecular flexibility index (Phi) is 5.17. The van der Waals surface area contributed by atoms with E-state index in [4.69, 9.17) is 4.52 Å². The standard InChI is InChI=1S/C15H25N3O2/c1-4-13-11(2)15(20-17-13)16-14(19)9-8-12-7-5-6-10-18(12)3/h12H,4-10H2,1-3H3,(H,16,19). The van der Waals surface area contributed by atoms with Crippen LogP contribution in [0.3, 0.4) is 0 Å². The number of anilines is 1. The average molecular weight is 279 g/mol. The smallest absolute Gasteiger partial charge is 0.234 e. The minimum Gasteiger partial charge on any atom is -0.338 e. The molecule has 1 aliphatic heterocycles. The first-order valence-corrected chi connectivity index (χ1v) is 7.57. The number of amides is 1. The highest BCUT2D eigenvalue weighted by molar-refractivity contribution is 5.90. The van der Waals surface area contributed by atoms with E-state index in [0.717, 1.165) is 30.6 Å². The number of rotatable bonds is 5. The van der Waals surface area contributed by atoms with Crippen LogP contribution in [-0.2, 0) is 11.2 Å². The maximum Gasteiger partial charge on any atom is 0.234 e. The SMILES string of the molecule is CCc1noc(NC(=O)CCC2CCCCN2C)c1C. The molecular weight excluding hydrogens is 254 g/mol. The largest absolute Gasteiger partial charge is 0.338 e. The summed E-state index contributed by atoms with van der Waals surface area (Å²) in [5.74, 6) is 0.523. The van der Waals surface area contributed by atoms with Gasteiger partial charge in [-0.15, -0.1) is 0 Å². The average Bonchev–Trinajstić information content (AvgIpc) is 2.79. The highest BCUT2D eigenvalue weighted by Crippen LogP contribution is 2.21. The zero-order valence-corrected chi connectivity index (χ0v) is 12.7. The predicted octanol–water partition coefficient (Wildman–Crippen LogP) is 2.75. The van der Waals surface area contributed by atoms with Gasteiger partial charge < -0.3 is 9.42 Å². The van der Waals surface area contributed by atoms with Crippen LogP contribution >= 0.6 is 0 Å². The van der Waals surface area contributed by atoms with Crippen molar-refractivity contribution in [2.45, 2.75) is 58.4 Å². The molecule has 5 heteroatoms. The lowest BCUT2D eigenvalue weighted by Gasteiger charge is -2.32. The summed E-state index contributed by atoms with van der Waals surface area (Å²) >= 11 is 0. The fourth-order valence-corrected chi connectivity index (χ4v) is 2.81. The first-order valence-electron chi connectivity index (χ1n) is 7.57. The van der Waals surface area contributed by atoms with Gasteiger partial charge in [-0.3, -0.25) is 10.1 Å². The zero-order valence-electron chi connectivity index (χ0n) is 12.7. The molecule has 0 spiro atoms. The van der Waals surface area contributed by atoms with Crippen molar-refractivity contribution in [3.05, 3.63) is 11.3 Å². The normalized spacial score (nSPS) is 20.1. The van der Waals surface area contributed by atoms with Crippen molar-refractivity contribution in [3.8, 4) is 0 Å². The van der Waals surface area contributed by atoms with Crippen molar-refractivity contribution in [1.29, 1.82) is 0 Å². The topological polar surface area (TPSA) is 58.4 Å². The number of nitrogens with one attached hydrogen (secondary N) is 1. The van der Waals surface area contributed by atoms with Gasteiger partial charge in [0.2, 0.25) is 11.8 Å². The summed E-state index contributed by atoms with van der Waals surface area (Å²) < 4.78 is 5.18. The van der Waals surface area contributed by atoms with E-state index >= 15 is 0 Å². The van der Waals surface area contributed by atoms with Crippen LogP contribution in [0.2, 0.25) is 0 Å². The molecule has 0 saturated carbocycles. The van der Waals surface area contributed by atoms with E-state index in [1.54, 1.807) is 0 Å². The summed E-state index contributed by atoms with van der Waals surface area (Å²) in [4.78, 5) is 14.4. The molecule has 1 fully saturated rings. The minimum atomic E-state index is 0.0193. The monoisotopic (exact) mass is 279 g/mol. The molecule has 0 aromatic carbocycles. The fourth-order valence-electron chi connectivity index (χ4n) is 2.81. The molecule has 1 aromatic heterocycles. The van der Waals surface area contributed by atoms with Gasteiger partial charge in [0.25, 0.3) is 0 Å². The van der Waals surface area contributed by atoms with Crippen LogP contribution in [0.4, 0.5) is 5.88 Å². The number of hydrogen-bond donors (Lipinski definition) is 1. The molecule has 1 aliphatic rings. The minimum absolute atomic E-state index is 0.0193. The molecule has 0 radical (unpaired) electrons. The third-order valence-electron chi connectivity index (χ3n) is 4.23. The lowest BCUT2D eigenvalue weighted by molar-refractivity contribution is -0.116. The van der Waals surface area contributed by atoms with Gasteiger partial charge in [0.1, 0.15) is 0 Å². The van der Waals surface area contributed by atoms with Crippen LogP contribution in [0.25, 0.3) is 0 Å². The quantitative estimate of drug-likeness (QED) is 0.900. The summed E-state index contributed by atoms with van der Waals surface area (Å²) in [6.45, 7) is 5.10. The Morgan fingerprint density at radius 2 is 2.30 bits per heavy atom. The van der Waals surface area contributed by atoms with Gasteiger partial charge in [0.15, 0.2) is 0 Å². The first-order chi connectivity index (χ1) is 9.61. The van der Waals surface area contributed by atoms with Crippen LogP contribution in [-0.4, -0.2) is 35.6 Å². The van der Waals surface area contributed by atoms with Gasteiger partial charge in [0, 0.05) is 18.0 Å². The molecule has 0 aliphatic carbocycles. The lowest BCUT2D eigenvalue weighted by Crippen LogP contribution is -2.36. The Morgan fingerprint density at radius 1 is 1.50 bits per heavy atom. The molecule has 1 unspecified atom stereocenters.